The molecule has 8 heavy (non-hydrogen) atoms. The van der Waals surface area contributed by atoms with Crippen LogP contribution in [0.2, 0.25) is 0 Å². The van der Waals surface area contributed by atoms with E-state index in [4.69, 9.17) is 6.42 Å². The van der Waals surface area contributed by atoms with Gasteiger partial charge in [0, 0.05) is 6.20 Å². The second kappa shape index (κ2) is 5.64. The van der Waals surface area contributed by atoms with E-state index in [9.17, 15) is 4.79 Å². The smallest absolute Gasteiger partial charge is 0.144 e. The molecule has 0 aliphatic carbocycles. The summed E-state index contributed by atoms with van der Waals surface area (Å²) in [6.07, 6.45) is 9.27. The number of aliphatic imine (C=N–C) groups is 1. The number of carbonyl (C=O) groups excluding carboxylic acids is 1. The van der Waals surface area contributed by atoms with E-state index in [-0.39, 0.29) is 0 Å². The molecule has 0 bridgehead atoms. The molecule has 0 amide bonds. The zero-order valence-corrected chi connectivity index (χ0v) is 4.24. The average Bonchev–Trinajstić information content (AvgIpc) is 1.81. The molecule has 40 valence electrons. The maximum atomic E-state index is 9.56. The van der Waals surface area contributed by atoms with Crippen molar-refractivity contribution in [1.82, 2.24) is 0 Å². The molecule has 0 aliphatic rings. The molecule has 0 aliphatic heterocycles. The molecule has 0 heterocycles. The molecule has 0 aromatic rings. The molecule has 0 radical (unpaired) electrons. The number of aldehydes is 1. The summed E-state index contributed by atoms with van der Waals surface area (Å²) in [5.41, 5.74) is 0. The van der Waals surface area contributed by atoms with Crippen LogP contribution in [-0.2, 0) is 4.79 Å². The number of rotatable bonds is 2. The third-order valence-electron chi connectivity index (χ3n) is 0.400. The topological polar surface area (TPSA) is 29.4 Å². The molecule has 2 nitrogen and oxygen atoms in total. The molecule has 0 saturated heterocycles. The van der Waals surface area contributed by atoms with Gasteiger partial charge in [-0.2, -0.15) is 0 Å². The van der Waals surface area contributed by atoms with Gasteiger partial charge in [-0.3, -0.25) is 9.79 Å². The van der Waals surface area contributed by atoms with Gasteiger partial charge >= 0.3 is 0 Å². The highest BCUT2D eigenvalue weighted by molar-refractivity contribution is 5.78. The lowest BCUT2D eigenvalue weighted by Crippen LogP contribution is -1.60. The fourth-order valence-corrected chi connectivity index (χ4v) is 0.171. The summed E-state index contributed by atoms with van der Waals surface area (Å²) < 4.78 is 0. The zero-order chi connectivity index (χ0) is 6.24. The lowest BCUT2D eigenvalue weighted by molar-refractivity contribution is -0.104. The Balaban J connectivity index is 3.46. The van der Waals surface area contributed by atoms with E-state index in [2.05, 4.69) is 10.9 Å². The fourth-order valence-electron chi connectivity index (χ4n) is 0.171. The monoisotopic (exact) mass is 107 g/mol. The number of hydrogen-bond acceptors (Lipinski definition) is 2. The Hall–Kier alpha value is -1.36. The van der Waals surface area contributed by atoms with E-state index < -0.39 is 0 Å². The Kier molecular flexibility index (Phi) is 4.68. The van der Waals surface area contributed by atoms with Gasteiger partial charge in [-0.25, -0.2) is 0 Å². The Morgan fingerprint density at radius 1 is 1.62 bits per heavy atom. The molecule has 0 spiro atoms. The molecule has 0 fully saturated rings. The highest BCUT2D eigenvalue weighted by Gasteiger charge is 1.57. The molecule has 0 aromatic heterocycles. The summed E-state index contributed by atoms with van der Waals surface area (Å²) in [5, 5.41) is 0. The standard InChI is InChI=1S/C6H5NO/c1-2-4-7-5-3-6-8/h1,3-6H/b5-3+,7-4?. The van der Waals surface area contributed by atoms with Gasteiger partial charge in [-0.15, -0.1) is 6.42 Å². The highest BCUT2D eigenvalue weighted by atomic mass is 16.1. The van der Waals surface area contributed by atoms with Crippen LogP contribution < -0.4 is 0 Å². The minimum atomic E-state index is 0.633. The van der Waals surface area contributed by atoms with Crippen LogP contribution in [0.15, 0.2) is 17.3 Å². The predicted molar refractivity (Wildman–Crippen MR) is 32.5 cm³/mol. The van der Waals surface area contributed by atoms with E-state index in [1.165, 1.54) is 18.5 Å². The molecule has 2 heteroatoms. The summed E-state index contributed by atoms with van der Waals surface area (Å²) in [6.45, 7) is 0. The van der Waals surface area contributed by atoms with Gasteiger partial charge in [0.25, 0.3) is 0 Å². The second-order valence-corrected chi connectivity index (χ2v) is 0.922. The van der Waals surface area contributed by atoms with Gasteiger partial charge in [0.2, 0.25) is 0 Å². The number of carbonyl (C=O) groups is 1. The number of allylic oxidation sites excluding steroid dienone is 1. The number of terminal acetylenes is 1. The van der Waals surface area contributed by atoms with E-state index in [0.717, 1.165) is 0 Å². The maximum absolute atomic E-state index is 9.56. The Morgan fingerprint density at radius 3 is 2.88 bits per heavy atom. The van der Waals surface area contributed by atoms with Crippen LogP contribution in [0.25, 0.3) is 0 Å². The maximum Gasteiger partial charge on any atom is 0.144 e. The van der Waals surface area contributed by atoms with Crippen molar-refractivity contribution in [2.24, 2.45) is 4.99 Å². The van der Waals surface area contributed by atoms with Gasteiger partial charge in [-0.05, 0) is 6.08 Å². The van der Waals surface area contributed by atoms with E-state index in [0.29, 0.717) is 6.29 Å². The van der Waals surface area contributed by atoms with E-state index in [1.54, 1.807) is 0 Å². The van der Waals surface area contributed by atoms with Crippen molar-refractivity contribution in [2.75, 3.05) is 0 Å². The van der Waals surface area contributed by atoms with Crippen LogP contribution in [0.5, 0.6) is 0 Å². The zero-order valence-electron chi connectivity index (χ0n) is 4.24. The first-order chi connectivity index (χ1) is 3.91. The lowest BCUT2D eigenvalue weighted by atomic mass is 10.7. The van der Waals surface area contributed by atoms with E-state index in [1.807, 2.05) is 0 Å². The Morgan fingerprint density at radius 2 is 2.38 bits per heavy atom. The molecule has 0 N–H and O–H groups in total. The van der Waals surface area contributed by atoms with Crippen molar-refractivity contribution < 1.29 is 4.79 Å². The minimum absolute atomic E-state index is 0.633. The molecular formula is C6H5NO. The second-order valence-electron chi connectivity index (χ2n) is 0.922. The first-order valence-electron chi connectivity index (χ1n) is 2.00. The third-order valence-corrected chi connectivity index (χ3v) is 0.400. The summed E-state index contributed by atoms with van der Waals surface area (Å²) in [4.78, 5) is 13.1. The molecule has 0 unspecified atom stereocenters. The largest absolute Gasteiger partial charge is 0.299 e. The lowest BCUT2D eigenvalue weighted by Gasteiger charge is -1.64. The van der Waals surface area contributed by atoms with Crippen molar-refractivity contribution in [2.45, 2.75) is 0 Å². The Bertz CT molecular complexity index is 150. The molecule has 0 atom stereocenters. The third kappa shape index (κ3) is 4.64. The van der Waals surface area contributed by atoms with Crippen LogP contribution in [0.4, 0.5) is 0 Å². The van der Waals surface area contributed by atoms with Gasteiger partial charge in [0.15, 0.2) is 0 Å². The highest BCUT2D eigenvalue weighted by Crippen LogP contribution is 1.66. The van der Waals surface area contributed by atoms with Crippen LogP contribution in [-0.4, -0.2) is 12.5 Å². The van der Waals surface area contributed by atoms with Crippen molar-refractivity contribution >= 4 is 12.5 Å². The van der Waals surface area contributed by atoms with Gasteiger partial charge < -0.3 is 0 Å². The van der Waals surface area contributed by atoms with Crippen LogP contribution in [0.3, 0.4) is 0 Å². The normalized spacial score (nSPS) is 9.88. The van der Waals surface area contributed by atoms with Crippen molar-refractivity contribution in [3.05, 3.63) is 12.3 Å². The van der Waals surface area contributed by atoms with Gasteiger partial charge in [0.05, 0.1) is 6.21 Å². The summed E-state index contributed by atoms with van der Waals surface area (Å²) >= 11 is 0. The van der Waals surface area contributed by atoms with E-state index >= 15 is 0 Å². The fraction of sp³-hybridized carbons (Fsp3) is 0. The Labute approximate surface area is 47.9 Å². The first-order valence-corrected chi connectivity index (χ1v) is 2.00. The van der Waals surface area contributed by atoms with Crippen LogP contribution >= 0.6 is 0 Å². The summed E-state index contributed by atoms with van der Waals surface area (Å²) in [7, 11) is 0. The number of nitrogens with zero attached hydrogens (tertiary/aromatic N) is 1. The molecule has 0 rings (SSSR count). The molecule has 0 saturated carbocycles. The average molecular weight is 107 g/mol. The van der Waals surface area contributed by atoms with Crippen molar-refractivity contribution in [3.8, 4) is 12.3 Å². The van der Waals surface area contributed by atoms with Crippen molar-refractivity contribution in [1.29, 1.82) is 0 Å². The van der Waals surface area contributed by atoms with Crippen molar-refractivity contribution in [3.63, 3.8) is 0 Å². The van der Waals surface area contributed by atoms with Gasteiger partial charge in [-0.1, -0.05) is 5.92 Å². The predicted octanol–water partition coefficient (Wildman–Crippen LogP) is 0.403. The van der Waals surface area contributed by atoms with Crippen LogP contribution in [0, 0.1) is 12.3 Å². The first kappa shape index (κ1) is 6.64. The number of hydrogen-bond donors (Lipinski definition) is 0. The van der Waals surface area contributed by atoms with Gasteiger partial charge in [0.1, 0.15) is 6.29 Å². The SMILES string of the molecule is C#CC=N/C=C/C=O. The summed E-state index contributed by atoms with van der Waals surface area (Å²) in [6, 6.07) is 0. The van der Waals surface area contributed by atoms with Crippen LogP contribution in [0.1, 0.15) is 0 Å². The summed E-state index contributed by atoms with van der Waals surface area (Å²) in [5.74, 6) is 2.17. The molecular weight excluding hydrogens is 102 g/mol. The minimum Gasteiger partial charge on any atom is -0.299 e. The molecule has 0 aromatic carbocycles. The quantitative estimate of drug-likeness (QED) is 0.217.